The molecule has 1 aliphatic rings. The topological polar surface area (TPSA) is 3.24 Å². The van der Waals surface area contributed by atoms with E-state index in [4.69, 9.17) is 0 Å². The molecule has 0 N–H and O–H groups in total. The second-order valence-corrected chi connectivity index (χ2v) is 4.29. The molecule has 0 atom stereocenters. The fraction of sp³-hybridized carbons (Fsp3) is 0.538. The molecule has 0 saturated heterocycles. The van der Waals surface area contributed by atoms with Gasteiger partial charge in [-0.25, -0.2) is 0 Å². The zero-order valence-electron chi connectivity index (χ0n) is 9.21. The van der Waals surface area contributed by atoms with Crippen molar-refractivity contribution in [3.8, 4) is 0 Å². The van der Waals surface area contributed by atoms with Crippen LogP contribution in [0, 0.1) is 0 Å². The highest BCUT2D eigenvalue weighted by Gasteiger charge is 2.15. The lowest BCUT2D eigenvalue weighted by Crippen LogP contribution is -2.27. The second-order valence-electron chi connectivity index (χ2n) is 4.29. The summed E-state index contributed by atoms with van der Waals surface area (Å²) in [6.45, 7) is 4.61. The van der Waals surface area contributed by atoms with Crippen molar-refractivity contribution >= 4 is 0 Å². The van der Waals surface area contributed by atoms with E-state index in [9.17, 15) is 0 Å². The molecule has 0 saturated carbocycles. The van der Waals surface area contributed by atoms with Crippen molar-refractivity contribution in [2.24, 2.45) is 0 Å². The number of fused-ring (bicyclic) bond motifs is 1. The van der Waals surface area contributed by atoms with Crippen LogP contribution in [0.4, 0.5) is 0 Å². The van der Waals surface area contributed by atoms with Crippen LogP contribution in [0.5, 0.6) is 0 Å². The van der Waals surface area contributed by atoms with Crippen LogP contribution in [0.2, 0.25) is 0 Å². The van der Waals surface area contributed by atoms with Crippen molar-refractivity contribution in [3.63, 3.8) is 0 Å². The largest absolute Gasteiger partial charge is 0.302 e. The molecule has 76 valence electrons. The molecular formula is C13H19N. The molecule has 0 bridgehead atoms. The minimum absolute atomic E-state index is 1.14. The van der Waals surface area contributed by atoms with Gasteiger partial charge in [0.2, 0.25) is 0 Å². The second kappa shape index (κ2) is 4.14. The summed E-state index contributed by atoms with van der Waals surface area (Å²) in [4.78, 5) is 2.42. The smallest absolute Gasteiger partial charge is 0.0236 e. The first-order valence-corrected chi connectivity index (χ1v) is 5.59. The molecule has 2 rings (SSSR count). The molecule has 1 aromatic carbocycles. The fourth-order valence-corrected chi connectivity index (χ4v) is 2.29. The van der Waals surface area contributed by atoms with E-state index in [1.54, 1.807) is 16.7 Å². The van der Waals surface area contributed by atoms with Crippen molar-refractivity contribution in [1.82, 2.24) is 4.90 Å². The van der Waals surface area contributed by atoms with Crippen molar-refractivity contribution in [3.05, 3.63) is 34.9 Å². The average Bonchev–Trinajstić information content (AvgIpc) is 2.19. The van der Waals surface area contributed by atoms with E-state index in [0.717, 1.165) is 6.54 Å². The van der Waals surface area contributed by atoms with Crippen LogP contribution in [0.1, 0.15) is 30.0 Å². The molecule has 0 fully saturated rings. The fourth-order valence-electron chi connectivity index (χ4n) is 2.29. The normalized spacial score (nSPS) is 16.7. The van der Waals surface area contributed by atoms with Crippen LogP contribution in [0.25, 0.3) is 0 Å². The molecule has 0 aromatic heterocycles. The summed E-state index contributed by atoms with van der Waals surface area (Å²) in [5.74, 6) is 0. The van der Waals surface area contributed by atoms with Gasteiger partial charge in [0.15, 0.2) is 0 Å². The van der Waals surface area contributed by atoms with Crippen molar-refractivity contribution in [2.45, 2.75) is 32.7 Å². The van der Waals surface area contributed by atoms with Crippen LogP contribution >= 0.6 is 0 Å². The number of aryl methyl sites for hydroxylation is 1. The molecular weight excluding hydrogens is 170 g/mol. The third-order valence-corrected chi connectivity index (χ3v) is 3.08. The lowest BCUT2D eigenvalue weighted by molar-refractivity contribution is 0.311. The Hall–Kier alpha value is -0.820. The number of hydrogen-bond acceptors (Lipinski definition) is 1. The van der Waals surface area contributed by atoms with Gasteiger partial charge in [-0.15, -0.1) is 0 Å². The van der Waals surface area contributed by atoms with Gasteiger partial charge in [0, 0.05) is 13.1 Å². The minimum Gasteiger partial charge on any atom is -0.302 e. The summed E-state index contributed by atoms with van der Waals surface area (Å²) in [6, 6.07) is 6.80. The highest BCUT2D eigenvalue weighted by Crippen LogP contribution is 2.22. The van der Waals surface area contributed by atoms with E-state index in [0.29, 0.717) is 0 Å². The van der Waals surface area contributed by atoms with Crippen LogP contribution in [0.15, 0.2) is 18.2 Å². The van der Waals surface area contributed by atoms with Crippen LogP contribution < -0.4 is 0 Å². The van der Waals surface area contributed by atoms with E-state index in [1.165, 1.54) is 25.8 Å². The number of likely N-dealkylation sites (N-methyl/N-ethyl adjacent to an activating group) is 1. The first-order valence-electron chi connectivity index (χ1n) is 5.59. The number of rotatable bonds is 2. The summed E-state index contributed by atoms with van der Waals surface area (Å²) in [5.41, 5.74) is 4.74. The first kappa shape index (κ1) is 9.72. The molecule has 0 aliphatic carbocycles. The number of hydrogen-bond donors (Lipinski definition) is 0. The predicted molar refractivity (Wildman–Crippen MR) is 60.5 cm³/mol. The Morgan fingerprint density at radius 3 is 3.00 bits per heavy atom. The van der Waals surface area contributed by atoms with Crippen LogP contribution in [-0.2, 0) is 19.4 Å². The maximum atomic E-state index is 2.42. The number of nitrogens with zero attached hydrogens (tertiary/aromatic N) is 1. The molecule has 0 radical (unpaired) electrons. The zero-order valence-corrected chi connectivity index (χ0v) is 9.21. The van der Waals surface area contributed by atoms with Gasteiger partial charge in [0.1, 0.15) is 0 Å². The maximum Gasteiger partial charge on any atom is 0.0236 e. The molecule has 14 heavy (non-hydrogen) atoms. The van der Waals surface area contributed by atoms with E-state index in [-0.39, 0.29) is 0 Å². The van der Waals surface area contributed by atoms with Gasteiger partial charge < -0.3 is 4.90 Å². The third-order valence-electron chi connectivity index (χ3n) is 3.08. The Morgan fingerprint density at radius 2 is 2.21 bits per heavy atom. The Bertz CT molecular complexity index is 317. The highest BCUT2D eigenvalue weighted by molar-refractivity contribution is 5.37. The van der Waals surface area contributed by atoms with Gasteiger partial charge >= 0.3 is 0 Å². The summed E-state index contributed by atoms with van der Waals surface area (Å²) >= 11 is 0. The lowest BCUT2D eigenvalue weighted by atomic mass is 9.93. The summed E-state index contributed by atoms with van der Waals surface area (Å²) in [5, 5.41) is 0. The van der Waals surface area contributed by atoms with Gasteiger partial charge in [-0.2, -0.15) is 0 Å². The van der Waals surface area contributed by atoms with E-state index >= 15 is 0 Å². The molecule has 0 amide bonds. The quantitative estimate of drug-likeness (QED) is 0.691. The average molecular weight is 189 g/mol. The molecule has 1 heteroatoms. The maximum absolute atomic E-state index is 2.42. The Kier molecular flexibility index (Phi) is 2.87. The number of benzene rings is 1. The zero-order chi connectivity index (χ0) is 9.97. The van der Waals surface area contributed by atoms with Gasteiger partial charge in [-0.05, 0) is 36.6 Å². The van der Waals surface area contributed by atoms with Crippen molar-refractivity contribution in [1.29, 1.82) is 0 Å². The minimum atomic E-state index is 1.14. The van der Waals surface area contributed by atoms with Crippen molar-refractivity contribution in [2.75, 3.05) is 13.6 Å². The van der Waals surface area contributed by atoms with Gasteiger partial charge in [0.25, 0.3) is 0 Å². The van der Waals surface area contributed by atoms with E-state index in [1.807, 2.05) is 0 Å². The van der Waals surface area contributed by atoms with Gasteiger partial charge in [-0.3, -0.25) is 0 Å². The lowest BCUT2D eigenvalue weighted by Gasteiger charge is -2.27. The molecule has 0 unspecified atom stereocenters. The SMILES string of the molecule is CCCc1cccc2c1CN(C)CC2. The predicted octanol–water partition coefficient (Wildman–Crippen LogP) is 2.63. The van der Waals surface area contributed by atoms with Gasteiger partial charge in [-0.1, -0.05) is 31.5 Å². The Morgan fingerprint density at radius 1 is 1.36 bits per heavy atom. The van der Waals surface area contributed by atoms with Crippen molar-refractivity contribution < 1.29 is 0 Å². The highest BCUT2D eigenvalue weighted by atomic mass is 15.1. The summed E-state index contributed by atoms with van der Waals surface area (Å²) in [7, 11) is 2.21. The monoisotopic (exact) mass is 189 g/mol. The molecule has 1 aliphatic heterocycles. The molecule has 1 nitrogen and oxygen atoms in total. The third kappa shape index (κ3) is 1.83. The summed E-state index contributed by atoms with van der Waals surface area (Å²) in [6.07, 6.45) is 3.71. The van der Waals surface area contributed by atoms with Crippen LogP contribution in [-0.4, -0.2) is 18.5 Å². The molecule has 0 spiro atoms. The molecule has 1 heterocycles. The van der Waals surface area contributed by atoms with Gasteiger partial charge in [0.05, 0.1) is 0 Å². The Labute approximate surface area is 86.7 Å². The summed E-state index contributed by atoms with van der Waals surface area (Å²) < 4.78 is 0. The van der Waals surface area contributed by atoms with E-state index in [2.05, 4.69) is 37.1 Å². The first-order chi connectivity index (χ1) is 6.81. The molecule has 1 aromatic rings. The Balaban J connectivity index is 2.33. The van der Waals surface area contributed by atoms with E-state index < -0.39 is 0 Å². The van der Waals surface area contributed by atoms with Crippen LogP contribution in [0.3, 0.4) is 0 Å². The standard InChI is InChI=1S/C13H19N/c1-3-5-11-6-4-7-12-8-9-14(2)10-13(11)12/h4,6-7H,3,5,8-10H2,1-2H3.